The SMILES string of the molecule is NCCCC1CCNC(=O)C1(F)F. The maximum atomic E-state index is 13.1. The van der Waals surface area contributed by atoms with Gasteiger partial charge in [-0.2, -0.15) is 8.78 Å². The molecule has 1 fully saturated rings. The van der Waals surface area contributed by atoms with Crippen LogP contribution in [-0.4, -0.2) is 24.9 Å². The van der Waals surface area contributed by atoms with Gasteiger partial charge in [-0.25, -0.2) is 0 Å². The predicted octanol–water partition coefficient (Wildman–Crippen LogP) is 0.497. The van der Waals surface area contributed by atoms with E-state index in [-0.39, 0.29) is 0 Å². The Morgan fingerprint density at radius 1 is 1.62 bits per heavy atom. The molecule has 1 unspecified atom stereocenters. The summed E-state index contributed by atoms with van der Waals surface area (Å²) in [5.74, 6) is -5.17. The predicted molar refractivity (Wildman–Crippen MR) is 44.4 cm³/mol. The van der Waals surface area contributed by atoms with Crippen LogP contribution in [-0.2, 0) is 4.79 Å². The lowest BCUT2D eigenvalue weighted by Gasteiger charge is -2.30. The van der Waals surface area contributed by atoms with Crippen molar-refractivity contribution in [1.82, 2.24) is 5.32 Å². The fraction of sp³-hybridized carbons (Fsp3) is 0.875. The molecule has 0 spiro atoms. The van der Waals surface area contributed by atoms with Gasteiger partial charge in [0.1, 0.15) is 0 Å². The highest BCUT2D eigenvalue weighted by molar-refractivity contribution is 5.84. The lowest BCUT2D eigenvalue weighted by molar-refractivity contribution is -0.159. The smallest absolute Gasteiger partial charge is 0.327 e. The summed E-state index contributed by atoms with van der Waals surface area (Å²) >= 11 is 0. The summed E-state index contributed by atoms with van der Waals surface area (Å²) in [6, 6.07) is 0. The fourth-order valence-corrected chi connectivity index (χ4v) is 1.53. The standard InChI is InChI=1S/C8H14F2N2O/c9-8(10)6(2-1-4-11)3-5-12-7(8)13/h6H,1-5,11H2,(H,12,13). The minimum absolute atomic E-state index is 0.330. The summed E-state index contributed by atoms with van der Waals surface area (Å²) in [5, 5.41) is 2.16. The number of carbonyl (C=O) groups is 1. The van der Waals surface area contributed by atoms with E-state index in [2.05, 4.69) is 5.32 Å². The third kappa shape index (κ3) is 2.15. The Hall–Kier alpha value is -0.710. The molecular formula is C8H14F2N2O. The zero-order chi connectivity index (χ0) is 9.90. The van der Waals surface area contributed by atoms with Gasteiger partial charge in [0, 0.05) is 12.5 Å². The van der Waals surface area contributed by atoms with Crippen molar-refractivity contribution in [1.29, 1.82) is 0 Å². The molecule has 0 aromatic heterocycles. The monoisotopic (exact) mass is 192 g/mol. The second kappa shape index (κ2) is 4.00. The molecule has 1 saturated heterocycles. The summed E-state index contributed by atoms with van der Waals surface area (Å²) in [7, 11) is 0. The van der Waals surface area contributed by atoms with Gasteiger partial charge in [-0.05, 0) is 25.8 Å². The van der Waals surface area contributed by atoms with Crippen LogP contribution < -0.4 is 11.1 Å². The maximum absolute atomic E-state index is 13.1. The number of halogens is 2. The van der Waals surface area contributed by atoms with E-state index in [4.69, 9.17) is 5.73 Å². The van der Waals surface area contributed by atoms with E-state index < -0.39 is 17.7 Å². The molecule has 0 bridgehead atoms. The van der Waals surface area contributed by atoms with Gasteiger partial charge >= 0.3 is 5.92 Å². The number of nitrogens with one attached hydrogen (secondary N) is 1. The molecule has 0 saturated carbocycles. The average molecular weight is 192 g/mol. The van der Waals surface area contributed by atoms with Crippen LogP contribution >= 0.6 is 0 Å². The minimum atomic E-state index is -3.20. The van der Waals surface area contributed by atoms with Crippen LogP contribution in [0.15, 0.2) is 0 Å². The van der Waals surface area contributed by atoms with Crippen LogP contribution in [0.4, 0.5) is 8.78 Å². The first-order valence-corrected chi connectivity index (χ1v) is 4.45. The first-order chi connectivity index (χ1) is 6.09. The van der Waals surface area contributed by atoms with Gasteiger partial charge in [0.25, 0.3) is 5.91 Å². The molecule has 3 N–H and O–H groups in total. The summed E-state index contributed by atoms with van der Waals surface area (Å²) < 4.78 is 26.3. The van der Waals surface area contributed by atoms with E-state index in [0.29, 0.717) is 32.4 Å². The van der Waals surface area contributed by atoms with E-state index >= 15 is 0 Å². The van der Waals surface area contributed by atoms with E-state index in [0.717, 1.165) is 0 Å². The highest BCUT2D eigenvalue weighted by Gasteiger charge is 2.48. The number of hydrogen-bond acceptors (Lipinski definition) is 2. The van der Waals surface area contributed by atoms with Crippen LogP contribution in [0.3, 0.4) is 0 Å². The number of hydrogen-bond donors (Lipinski definition) is 2. The Balaban J connectivity index is 2.55. The normalized spacial score (nSPS) is 27.0. The van der Waals surface area contributed by atoms with Crippen molar-refractivity contribution >= 4 is 5.91 Å². The third-order valence-electron chi connectivity index (χ3n) is 2.35. The van der Waals surface area contributed by atoms with E-state index in [1.807, 2.05) is 0 Å². The molecule has 0 aromatic rings. The molecule has 5 heteroatoms. The van der Waals surface area contributed by atoms with Crippen LogP contribution in [0.5, 0.6) is 0 Å². The average Bonchev–Trinajstić information content (AvgIpc) is 2.08. The van der Waals surface area contributed by atoms with Gasteiger partial charge in [0.15, 0.2) is 0 Å². The first-order valence-electron chi connectivity index (χ1n) is 4.45. The van der Waals surface area contributed by atoms with Crippen LogP contribution in [0.25, 0.3) is 0 Å². The van der Waals surface area contributed by atoms with Crippen molar-refractivity contribution in [3.63, 3.8) is 0 Å². The van der Waals surface area contributed by atoms with Crippen LogP contribution in [0.2, 0.25) is 0 Å². The Labute approximate surface area is 75.7 Å². The van der Waals surface area contributed by atoms with Gasteiger partial charge in [0.05, 0.1) is 0 Å². The van der Waals surface area contributed by atoms with Gasteiger partial charge in [-0.3, -0.25) is 4.79 Å². The number of carbonyl (C=O) groups excluding carboxylic acids is 1. The van der Waals surface area contributed by atoms with Crippen molar-refractivity contribution in [2.75, 3.05) is 13.1 Å². The quantitative estimate of drug-likeness (QED) is 0.684. The van der Waals surface area contributed by atoms with Gasteiger partial charge in [0.2, 0.25) is 0 Å². The topological polar surface area (TPSA) is 55.1 Å². The van der Waals surface area contributed by atoms with E-state index in [1.165, 1.54) is 0 Å². The Kier molecular flexibility index (Phi) is 3.19. The largest absolute Gasteiger partial charge is 0.351 e. The maximum Gasteiger partial charge on any atom is 0.327 e. The van der Waals surface area contributed by atoms with Gasteiger partial charge in [-0.1, -0.05) is 0 Å². The van der Waals surface area contributed by atoms with Gasteiger partial charge in [-0.15, -0.1) is 0 Å². The van der Waals surface area contributed by atoms with Crippen molar-refractivity contribution in [2.45, 2.75) is 25.2 Å². The summed E-state index contributed by atoms with van der Waals surface area (Å²) in [4.78, 5) is 10.8. The zero-order valence-electron chi connectivity index (χ0n) is 7.35. The van der Waals surface area contributed by atoms with Crippen molar-refractivity contribution < 1.29 is 13.6 Å². The van der Waals surface area contributed by atoms with E-state index in [9.17, 15) is 13.6 Å². The summed E-state index contributed by atoms with van der Waals surface area (Å²) in [5.41, 5.74) is 5.22. The summed E-state index contributed by atoms with van der Waals surface area (Å²) in [6.45, 7) is 0.748. The van der Waals surface area contributed by atoms with E-state index in [1.54, 1.807) is 0 Å². The Bertz CT molecular complexity index is 197. The molecule has 1 rings (SSSR count). The van der Waals surface area contributed by atoms with Crippen LogP contribution in [0.1, 0.15) is 19.3 Å². The highest BCUT2D eigenvalue weighted by atomic mass is 19.3. The van der Waals surface area contributed by atoms with Gasteiger partial charge < -0.3 is 11.1 Å². The highest BCUT2D eigenvalue weighted by Crippen LogP contribution is 2.33. The molecule has 1 heterocycles. The lowest BCUT2D eigenvalue weighted by Crippen LogP contribution is -2.51. The molecule has 1 amide bonds. The molecule has 0 radical (unpaired) electrons. The molecular weight excluding hydrogens is 178 g/mol. The number of alkyl halides is 2. The molecule has 13 heavy (non-hydrogen) atoms. The first kappa shape index (κ1) is 10.4. The molecule has 1 aliphatic heterocycles. The number of nitrogens with two attached hydrogens (primary N) is 1. The Morgan fingerprint density at radius 2 is 2.31 bits per heavy atom. The van der Waals surface area contributed by atoms with Crippen molar-refractivity contribution in [3.8, 4) is 0 Å². The summed E-state index contributed by atoms with van der Waals surface area (Å²) in [6.07, 6.45) is 1.23. The number of rotatable bonds is 3. The second-order valence-corrected chi connectivity index (χ2v) is 3.30. The molecule has 0 aliphatic carbocycles. The molecule has 1 aliphatic rings. The second-order valence-electron chi connectivity index (χ2n) is 3.30. The fourth-order valence-electron chi connectivity index (χ4n) is 1.53. The van der Waals surface area contributed by atoms with Crippen molar-refractivity contribution in [2.24, 2.45) is 11.7 Å². The number of amides is 1. The Morgan fingerprint density at radius 3 is 2.92 bits per heavy atom. The van der Waals surface area contributed by atoms with Crippen LogP contribution in [0, 0.1) is 5.92 Å². The zero-order valence-corrected chi connectivity index (χ0v) is 7.35. The third-order valence-corrected chi connectivity index (χ3v) is 2.35. The molecule has 1 atom stereocenters. The van der Waals surface area contributed by atoms with Crippen molar-refractivity contribution in [3.05, 3.63) is 0 Å². The number of piperidine rings is 1. The molecule has 3 nitrogen and oxygen atoms in total. The molecule has 0 aromatic carbocycles. The lowest BCUT2D eigenvalue weighted by atomic mass is 9.89. The molecule has 76 valence electrons. The minimum Gasteiger partial charge on any atom is -0.351 e.